The van der Waals surface area contributed by atoms with Crippen LogP contribution in [0.4, 0.5) is 8.78 Å². The van der Waals surface area contributed by atoms with Gasteiger partial charge in [0, 0.05) is 0 Å². The largest absolute Gasteiger partial charge is 0.508 e. The first-order chi connectivity index (χ1) is 8.41. The third-order valence-corrected chi connectivity index (χ3v) is 3.09. The standard InChI is InChI=1S/C14H12F2O2/c1-7-8(2)13(17)4-3-10(7)9-5-11(15)14(18)12(16)6-9/h3-6,17-18H,1-2H3. The van der Waals surface area contributed by atoms with Crippen molar-refractivity contribution in [2.24, 2.45) is 0 Å². The van der Waals surface area contributed by atoms with Crippen LogP contribution in [0.2, 0.25) is 0 Å². The Morgan fingerprint density at radius 3 is 2.00 bits per heavy atom. The molecule has 0 aliphatic rings. The number of benzene rings is 2. The Morgan fingerprint density at radius 2 is 1.44 bits per heavy atom. The lowest BCUT2D eigenvalue weighted by molar-refractivity contribution is 0.396. The van der Waals surface area contributed by atoms with Gasteiger partial charge in [0.15, 0.2) is 17.4 Å². The van der Waals surface area contributed by atoms with Gasteiger partial charge in [-0.15, -0.1) is 0 Å². The zero-order valence-electron chi connectivity index (χ0n) is 9.96. The average Bonchev–Trinajstić information content (AvgIpc) is 2.33. The zero-order chi connectivity index (χ0) is 13.4. The van der Waals surface area contributed by atoms with Crippen LogP contribution in [0.25, 0.3) is 11.1 Å². The van der Waals surface area contributed by atoms with E-state index in [4.69, 9.17) is 5.11 Å². The fourth-order valence-corrected chi connectivity index (χ4v) is 1.84. The van der Waals surface area contributed by atoms with Crippen LogP contribution in [0.1, 0.15) is 11.1 Å². The molecule has 94 valence electrons. The van der Waals surface area contributed by atoms with Crippen LogP contribution in [0.3, 0.4) is 0 Å². The molecule has 0 unspecified atom stereocenters. The van der Waals surface area contributed by atoms with E-state index in [-0.39, 0.29) is 5.75 Å². The Hall–Kier alpha value is -2.10. The Balaban J connectivity index is 2.67. The van der Waals surface area contributed by atoms with E-state index < -0.39 is 17.4 Å². The van der Waals surface area contributed by atoms with E-state index in [2.05, 4.69) is 0 Å². The molecule has 0 spiro atoms. The van der Waals surface area contributed by atoms with Crippen LogP contribution in [0.5, 0.6) is 11.5 Å². The van der Waals surface area contributed by atoms with Gasteiger partial charge in [-0.25, -0.2) is 8.78 Å². The SMILES string of the molecule is Cc1c(O)ccc(-c2cc(F)c(O)c(F)c2)c1C. The highest BCUT2D eigenvalue weighted by molar-refractivity contribution is 5.70. The molecular formula is C14H12F2O2. The molecule has 2 nitrogen and oxygen atoms in total. The van der Waals surface area contributed by atoms with Crippen LogP contribution < -0.4 is 0 Å². The molecule has 0 amide bonds. The van der Waals surface area contributed by atoms with E-state index in [1.807, 2.05) is 0 Å². The molecule has 2 rings (SSSR count). The topological polar surface area (TPSA) is 40.5 Å². The van der Waals surface area contributed by atoms with Gasteiger partial charge in [0.1, 0.15) is 5.75 Å². The molecule has 18 heavy (non-hydrogen) atoms. The summed E-state index contributed by atoms with van der Waals surface area (Å²) in [6.07, 6.45) is 0. The maximum absolute atomic E-state index is 13.3. The summed E-state index contributed by atoms with van der Waals surface area (Å²) in [6.45, 7) is 3.48. The van der Waals surface area contributed by atoms with E-state index in [1.54, 1.807) is 19.9 Å². The molecule has 0 atom stereocenters. The lowest BCUT2D eigenvalue weighted by Gasteiger charge is -2.11. The number of phenolic OH excluding ortho intramolecular Hbond substituents is 2. The maximum Gasteiger partial charge on any atom is 0.187 e. The Kier molecular flexibility index (Phi) is 2.95. The van der Waals surface area contributed by atoms with Crippen molar-refractivity contribution < 1.29 is 19.0 Å². The van der Waals surface area contributed by atoms with Gasteiger partial charge >= 0.3 is 0 Å². The van der Waals surface area contributed by atoms with Crippen molar-refractivity contribution in [2.45, 2.75) is 13.8 Å². The van der Waals surface area contributed by atoms with Crippen LogP contribution in [0, 0.1) is 25.5 Å². The minimum atomic E-state index is -1.00. The number of aromatic hydroxyl groups is 2. The van der Waals surface area contributed by atoms with Crippen LogP contribution in [-0.2, 0) is 0 Å². The molecule has 0 fully saturated rings. The smallest absolute Gasteiger partial charge is 0.187 e. The number of rotatable bonds is 1. The van der Waals surface area contributed by atoms with Crippen LogP contribution >= 0.6 is 0 Å². The molecule has 4 heteroatoms. The molecule has 2 N–H and O–H groups in total. The third kappa shape index (κ3) is 1.90. The normalized spacial score (nSPS) is 10.7. The molecule has 0 saturated heterocycles. The summed E-state index contributed by atoms with van der Waals surface area (Å²) in [5, 5.41) is 18.6. The summed E-state index contributed by atoms with van der Waals surface area (Å²) in [5.74, 6) is -2.85. The maximum atomic E-state index is 13.3. The van der Waals surface area contributed by atoms with Crippen molar-refractivity contribution in [2.75, 3.05) is 0 Å². The van der Waals surface area contributed by atoms with Gasteiger partial charge < -0.3 is 10.2 Å². The van der Waals surface area contributed by atoms with Gasteiger partial charge in [-0.1, -0.05) is 6.07 Å². The van der Waals surface area contributed by atoms with Crippen LogP contribution in [0.15, 0.2) is 24.3 Å². The summed E-state index contributed by atoms with van der Waals surface area (Å²) in [5.41, 5.74) is 2.33. The number of phenols is 2. The fourth-order valence-electron chi connectivity index (χ4n) is 1.84. The molecule has 0 bridgehead atoms. The highest BCUT2D eigenvalue weighted by Gasteiger charge is 2.13. The minimum absolute atomic E-state index is 0.135. The summed E-state index contributed by atoms with van der Waals surface area (Å²) in [6, 6.07) is 5.19. The Morgan fingerprint density at radius 1 is 0.889 bits per heavy atom. The molecule has 0 aliphatic heterocycles. The fraction of sp³-hybridized carbons (Fsp3) is 0.143. The van der Waals surface area contributed by atoms with Crippen LogP contribution in [-0.4, -0.2) is 10.2 Å². The first-order valence-corrected chi connectivity index (χ1v) is 5.39. The van der Waals surface area contributed by atoms with Crippen molar-refractivity contribution in [1.29, 1.82) is 0 Å². The second kappa shape index (κ2) is 4.29. The van der Waals surface area contributed by atoms with Gasteiger partial charge in [-0.05, 0) is 54.3 Å². The second-order valence-electron chi connectivity index (χ2n) is 4.17. The first-order valence-electron chi connectivity index (χ1n) is 5.39. The number of hydrogen-bond donors (Lipinski definition) is 2. The zero-order valence-corrected chi connectivity index (χ0v) is 9.96. The van der Waals surface area contributed by atoms with E-state index in [0.29, 0.717) is 16.7 Å². The summed E-state index contributed by atoms with van der Waals surface area (Å²) >= 11 is 0. The first kappa shape index (κ1) is 12.4. The summed E-state index contributed by atoms with van der Waals surface area (Å²) in [7, 11) is 0. The summed E-state index contributed by atoms with van der Waals surface area (Å²) in [4.78, 5) is 0. The third-order valence-electron chi connectivity index (χ3n) is 3.09. The van der Waals surface area contributed by atoms with E-state index in [1.165, 1.54) is 6.07 Å². The molecule has 0 heterocycles. The molecule has 2 aromatic carbocycles. The quantitative estimate of drug-likeness (QED) is 0.810. The average molecular weight is 250 g/mol. The Labute approximate surface area is 103 Å². The van der Waals surface area contributed by atoms with Gasteiger partial charge in [0.25, 0.3) is 0 Å². The number of hydrogen-bond acceptors (Lipinski definition) is 2. The van der Waals surface area contributed by atoms with E-state index in [0.717, 1.165) is 17.7 Å². The van der Waals surface area contributed by atoms with Gasteiger partial charge in [0.05, 0.1) is 0 Å². The molecule has 0 aromatic heterocycles. The summed E-state index contributed by atoms with van der Waals surface area (Å²) < 4.78 is 26.6. The van der Waals surface area contributed by atoms with Gasteiger partial charge in [-0.3, -0.25) is 0 Å². The minimum Gasteiger partial charge on any atom is -0.508 e. The predicted molar refractivity (Wildman–Crippen MR) is 64.6 cm³/mol. The molecule has 2 aromatic rings. The van der Waals surface area contributed by atoms with Gasteiger partial charge in [-0.2, -0.15) is 0 Å². The van der Waals surface area contributed by atoms with E-state index in [9.17, 15) is 13.9 Å². The second-order valence-corrected chi connectivity index (χ2v) is 4.17. The van der Waals surface area contributed by atoms with E-state index >= 15 is 0 Å². The van der Waals surface area contributed by atoms with Crippen molar-refractivity contribution in [3.05, 3.63) is 47.0 Å². The lowest BCUT2D eigenvalue weighted by Crippen LogP contribution is -1.91. The highest BCUT2D eigenvalue weighted by Crippen LogP contribution is 2.33. The highest BCUT2D eigenvalue weighted by atomic mass is 19.1. The number of halogens is 2. The van der Waals surface area contributed by atoms with Crippen molar-refractivity contribution in [3.8, 4) is 22.6 Å². The molecular weight excluding hydrogens is 238 g/mol. The monoisotopic (exact) mass is 250 g/mol. The van der Waals surface area contributed by atoms with Gasteiger partial charge in [0.2, 0.25) is 0 Å². The molecule has 0 aliphatic carbocycles. The van der Waals surface area contributed by atoms with Crippen molar-refractivity contribution in [3.63, 3.8) is 0 Å². The molecule has 0 radical (unpaired) electrons. The predicted octanol–water partition coefficient (Wildman–Crippen LogP) is 3.66. The lowest BCUT2D eigenvalue weighted by atomic mass is 9.96. The van der Waals surface area contributed by atoms with Crippen molar-refractivity contribution >= 4 is 0 Å². The Bertz CT molecular complexity index is 598. The van der Waals surface area contributed by atoms with Crippen molar-refractivity contribution in [1.82, 2.24) is 0 Å². The molecule has 0 saturated carbocycles.